The van der Waals surface area contributed by atoms with Crippen molar-refractivity contribution in [3.8, 4) is 5.75 Å². The topological polar surface area (TPSA) is 75.6 Å². The molecule has 0 atom stereocenters. The minimum atomic E-state index is -1.03. The lowest BCUT2D eigenvalue weighted by atomic mass is 10.0. The number of carbonyl (C=O) groups is 2. The summed E-state index contributed by atoms with van der Waals surface area (Å²) in [4.78, 5) is 22.7. The van der Waals surface area contributed by atoms with Crippen molar-refractivity contribution < 1.29 is 19.4 Å². The van der Waals surface area contributed by atoms with Crippen LogP contribution in [-0.4, -0.2) is 23.6 Å². The molecule has 0 saturated carbocycles. The summed E-state index contributed by atoms with van der Waals surface area (Å²) in [5.74, 6) is -0.711. The summed E-state index contributed by atoms with van der Waals surface area (Å²) in [6.07, 6.45) is 0.280. The van der Waals surface area contributed by atoms with Crippen LogP contribution in [0.4, 0.5) is 5.69 Å². The average molecular weight is 335 g/mol. The molecular formula is C20H17NO4. The molecule has 0 bridgehead atoms. The third-order valence-electron chi connectivity index (χ3n) is 3.68. The first kappa shape index (κ1) is 16.5. The van der Waals surface area contributed by atoms with Gasteiger partial charge in [-0.15, -0.1) is 0 Å². The molecule has 0 aromatic heterocycles. The maximum Gasteiger partial charge on any atom is 0.341 e. The van der Waals surface area contributed by atoms with E-state index < -0.39 is 12.6 Å². The van der Waals surface area contributed by atoms with E-state index in [9.17, 15) is 9.59 Å². The second kappa shape index (κ2) is 7.49. The fraction of sp³-hybridized carbons (Fsp3) is 0.100. The van der Waals surface area contributed by atoms with Gasteiger partial charge >= 0.3 is 5.97 Å². The van der Waals surface area contributed by atoms with E-state index in [-0.39, 0.29) is 12.3 Å². The molecule has 0 spiro atoms. The van der Waals surface area contributed by atoms with E-state index in [1.165, 1.54) is 0 Å². The maximum absolute atomic E-state index is 12.2. The first-order valence-corrected chi connectivity index (χ1v) is 7.82. The van der Waals surface area contributed by atoms with Gasteiger partial charge in [-0.05, 0) is 40.6 Å². The van der Waals surface area contributed by atoms with E-state index in [1.54, 1.807) is 24.3 Å². The van der Waals surface area contributed by atoms with Crippen LogP contribution in [-0.2, 0) is 16.0 Å². The number of carboxylic acids is 1. The number of hydrogen-bond donors (Lipinski definition) is 2. The predicted molar refractivity (Wildman–Crippen MR) is 95.9 cm³/mol. The van der Waals surface area contributed by atoms with Gasteiger partial charge in [0, 0.05) is 5.69 Å². The number of anilines is 1. The molecule has 3 rings (SSSR count). The second-order valence-electron chi connectivity index (χ2n) is 5.61. The molecule has 0 saturated heterocycles. The number of rotatable bonds is 6. The maximum atomic E-state index is 12.2. The summed E-state index contributed by atoms with van der Waals surface area (Å²) in [5.41, 5.74) is 1.58. The van der Waals surface area contributed by atoms with E-state index in [0.29, 0.717) is 11.4 Å². The standard InChI is InChI=1S/C20H17NO4/c22-19(12-14-5-6-15-3-1-2-4-16(15)11-14)21-17-7-9-18(10-8-17)25-13-20(23)24/h1-11H,12-13H2,(H,21,22)(H,23,24). The van der Waals surface area contributed by atoms with Gasteiger partial charge in [-0.3, -0.25) is 4.79 Å². The van der Waals surface area contributed by atoms with Gasteiger partial charge in [-0.25, -0.2) is 4.79 Å². The monoisotopic (exact) mass is 335 g/mol. The van der Waals surface area contributed by atoms with Crippen molar-refractivity contribution in [3.05, 3.63) is 72.3 Å². The van der Waals surface area contributed by atoms with Gasteiger partial charge in [0.25, 0.3) is 0 Å². The number of nitrogens with one attached hydrogen (secondary N) is 1. The molecule has 3 aromatic carbocycles. The third-order valence-corrected chi connectivity index (χ3v) is 3.68. The van der Waals surface area contributed by atoms with Gasteiger partial charge in [0.05, 0.1) is 6.42 Å². The van der Waals surface area contributed by atoms with Gasteiger partial charge in [0.1, 0.15) is 5.75 Å². The molecule has 126 valence electrons. The predicted octanol–water partition coefficient (Wildman–Crippen LogP) is 3.48. The van der Waals surface area contributed by atoms with E-state index in [1.807, 2.05) is 42.5 Å². The van der Waals surface area contributed by atoms with Crippen molar-refractivity contribution in [2.24, 2.45) is 0 Å². The number of ether oxygens (including phenoxy) is 1. The normalized spacial score (nSPS) is 10.4. The van der Waals surface area contributed by atoms with Gasteiger partial charge < -0.3 is 15.2 Å². The van der Waals surface area contributed by atoms with E-state index in [4.69, 9.17) is 9.84 Å². The highest BCUT2D eigenvalue weighted by Gasteiger charge is 2.06. The molecule has 0 unspecified atom stereocenters. The summed E-state index contributed by atoms with van der Waals surface area (Å²) in [6, 6.07) is 20.6. The van der Waals surface area contributed by atoms with Crippen LogP contribution in [0.2, 0.25) is 0 Å². The van der Waals surface area contributed by atoms with Crippen LogP contribution in [0.3, 0.4) is 0 Å². The Hall–Kier alpha value is -3.34. The average Bonchev–Trinajstić information content (AvgIpc) is 2.61. The van der Waals surface area contributed by atoms with E-state index in [0.717, 1.165) is 16.3 Å². The highest BCUT2D eigenvalue weighted by atomic mass is 16.5. The highest BCUT2D eigenvalue weighted by molar-refractivity contribution is 5.93. The molecule has 0 aliphatic heterocycles. The first-order valence-electron chi connectivity index (χ1n) is 7.82. The third kappa shape index (κ3) is 4.57. The molecule has 2 N–H and O–H groups in total. The minimum absolute atomic E-state index is 0.116. The smallest absolute Gasteiger partial charge is 0.341 e. The summed E-state index contributed by atoms with van der Waals surface area (Å²) in [5, 5.41) is 13.6. The summed E-state index contributed by atoms with van der Waals surface area (Å²) in [7, 11) is 0. The van der Waals surface area contributed by atoms with Crippen LogP contribution in [0.1, 0.15) is 5.56 Å². The number of benzene rings is 3. The Morgan fingerprint density at radius 1 is 0.920 bits per heavy atom. The first-order chi connectivity index (χ1) is 12.1. The number of fused-ring (bicyclic) bond motifs is 1. The molecule has 0 aliphatic rings. The van der Waals surface area contributed by atoms with Crippen LogP contribution >= 0.6 is 0 Å². The molecule has 0 heterocycles. The molecule has 5 nitrogen and oxygen atoms in total. The zero-order valence-electron chi connectivity index (χ0n) is 13.4. The fourth-order valence-electron chi connectivity index (χ4n) is 2.52. The van der Waals surface area contributed by atoms with Gasteiger partial charge in [-0.1, -0.05) is 42.5 Å². The Kier molecular flexibility index (Phi) is 4.95. The summed E-state index contributed by atoms with van der Waals surface area (Å²) < 4.78 is 5.05. The summed E-state index contributed by atoms with van der Waals surface area (Å²) >= 11 is 0. The van der Waals surface area contributed by atoms with E-state index >= 15 is 0 Å². The van der Waals surface area contributed by atoms with Crippen molar-refractivity contribution in [1.82, 2.24) is 0 Å². The molecule has 0 fully saturated rings. The molecule has 3 aromatic rings. The molecular weight excluding hydrogens is 318 g/mol. The van der Waals surface area contributed by atoms with Gasteiger partial charge in [0.2, 0.25) is 5.91 Å². The Morgan fingerprint density at radius 2 is 1.64 bits per heavy atom. The Balaban J connectivity index is 1.60. The largest absolute Gasteiger partial charge is 0.482 e. The Bertz CT molecular complexity index is 903. The zero-order chi connectivity index (χ0) is 17.6. The van der Waals surface area contributed by atoms with Crippen molar-refractivity contribution in [1.29, 1.82) is 0 Å². The fourth-order valence-corrected chi connectivity index (χ4v) is 2.52. The van der Waals surface area contributed by atoms with Crippen LogP contribution in [0.15, 0.2) is 66.7 Å². The van der Waals surface area contributed by atoms with Gasteiger partial charge in [-0.2, -0.15) is 0 Å². The number of amides is 1. The van der Waals surface area contributed by atoms with Crippen molar-refractivity contribution >= 4 is 28.3 Å². The highest BCUT2D eigenvalue weighted by Crippen LogP contribution is 2.18. The summed E-state index contributed by atoms with van der Waals surface area (Å²) in [6.45, 7) is -0.395. The van der Waals surface area contributed by atoms with Crippen LogP contribution in [0, 0.1) is 0 Å². The number of carbonyl (C=O) groups excluding carboxylic acids is 1. The van der Waals surface area contributed by atoms with E-state index in [2.05, 4.69) is 5.32 Å². The number of aliphatic carboxylic acids is 1. The number of hydrogen-bond acceptors (Lipinski definition) is 3. The lowest BCUT2D eigenvalue weighted by molar-refractivity contribution is -0.139. The molecule has 25 heavy (non-hydrogen) atoms. The zero-order valence-corrected chi connectivity index (χ0v) is 13.4. The van der Waals surface area contributed by atoms with Gasteiger partial charge in [0.15, 0.2) is 6.61 Å². The minimum Gasteiger partial charge on any atom is -0.482 e. The van der Waals surface area contributed by atoms with Crippen molar-refractivity contribution in [2.75, 3.05) is 11.9 Å². The Morgan fingerprint density at radius 3 is 2.36 bits per heavy atom. The van der Waals surface area contributed by atoms with Crippen molar-refractivity contribution in [3.63, 3.8) is 0 Å². The molecule has 0 aliphatic carbocycles. The molecule has 0 radical (unpaired) electrons. The lowest BCUT2D eigenvalue weighted by Gasteiger charge is -2.08. The lowest BCUT2D eigenvalue weighted by Crippen LogP contribution is -2.14. The molecule has 5 heteroatoms. The Labute approximate surface area is 144 Å². The van der Waals surface area contributed by atoms with Crippen LogP contribution in [0.5, 0.6) is 5.75 Å². The number of carboxylic acid groups (broad SMARTS) is 1. The van der Waals surface area contributed by atoms with Crippen LogP contribution < -0.4 is 10.1 Å². The van der Waals surface area contributed by atoms with Crippen molar-refractivity contribution in [2.45, 2.75) is 6.42 Å². The second-order valence-corrected chi connectivity index (χ2v) is 5.61. The van der Waals surface area contributed by atoms with Crippen LogP contribution in [0.25, 0.3) is 10.8 Å². The molecule has 1 amide bonds. The quantitative estimate of drug-likeness (QED) is 0.723. The SMILES string of the molecule is O=C(O)COc1ccc(NC(=O)Cc2ccc3ccccc3c2)cc1.